The van der Waals surface area contributed by atoms with Crippen LogP contribution in [0.15, 0.2) is 28.7 Å². The van der Waals surface area contributed by atoms with E-state index in [1.54, 1.807) is 0 Å². The third-order valence-electron chi connectivity index (χ3n) is 3.64. The van der Waals surface area contributed by atoms with Crippen molar-refractivity contribution in [2.75, 3.05) is 13.1 Å². The fourth-order valence-corrected chi connectivity index (χ4v) is 2.81. The van der Waals surface area contributed by atoms with Gasteiger partial charge < -0.3 is 5.32 Å². The van der Waals surface area contributed by atoms with Crippen molar-refractivity contribution in [3.63, 3.8) is 0 Å². The topological polar surface area (TPSA) is 15.3 Å². The van der Waals surface area contributed by atoms with Gasteiger partial charge in [-0.1, -0.05) is 28.1 Å². The van der Waals surface area contributed by atoms with Crippen molar-refractivity contribution in [3.05, 3.63) is 34.3 Å². The first-order valence-corrected chi connectivity index (χ1v) is 7.32. The molecule has 1 saturated carbocycles. The Kier molecular flexibility index (Phi) is 3.50. The molecule has 17 heavy (non-hydrogen) atoms. The Hall–Kier alpha value is -0.380. The van der Waals surface area contributed by atoms with Crippen LogP contribution in [0.4, 0.5) is 0 Å². The lowest BCUT2D eigenvalue weighted by Crippen LogP contribution is -2.33. The summed E-state index contributed by atoms with van der Waals surface area (Å²) in [4.78, 5) is 2.56. The van der Waals surface area contributed by atoms with Crippen LogP contribution in [0.1, 0.15) is 24.8 Å². The molecule has 1 aromatic rings. The Labute approximate surface area is 112 Å². The Bertz CT molecular complexity index is 372. The van der Waals surface area contributed by atoms with Gasteiger partial charge in [0.15, 0.2) is 0 Å². The van der Waals surface area contributed by atoms with Gasteiger partial charge >= 0.3 is 0 Å². The Balaban J connectivity index is 1.50. The molecule has 2 nitrogen and oxygen atoms in total. The molecule has 92 valence electrons. The maximum Gasteiger partial charge on any atom is 0.0234 e. The average molecular weight is 295 g/mol. The van der Waals surface area contributed by atoms with E-state index >= 15 is 0 Å². The van der Waals surface area contributed by atoms with Crippen LogP contribution in [0.3, 0.4) is 0 Å². The van der Waals surface area contributed by atoms with E-state index in [-0.39, 0.29) is 0 Å². The van der Waals surface area contributed by atoms with Gasteiger partial charge in [-0.15, -0.1) is 0 Å². The van der Waals surface area contributed by atoms with Gasteiger partial charge in [0, 0.05) is 36.2 Å². The van der Waals surface area contributed by atoms with Crippen molar-refractivity contribution in [2.24, 2.45) is 0 Å². The first kappa shape index (κ1) is 11.7. The zero-order chi connectivity index (χ0) is 11.7. The second-order valence-corrected chi connectivity index (χ2v) is 6.20. The van der Waals surface area contributed by atoms with Gasteiger partial charge in [0.25, 0.3) is 0 Å². The zero-order valence-corrected chi connectivity index (χ0v) is 11.6. The highest BCUT2D eigenvalue weighted by molar-refractivity contribution is 9.10. The summed E-state index contributed by atoms with van der Waals surface area (Å²) in [5.74, 6) is 0. The van der Waals surface area contributed by atoms with Gasteiger partial charge in [-0.25, -0.2) is 0 Å². The van der Waals surface area contributed by atoms with Gasteiger partial charge in [-0.05, 0) is 37.0 Å². The predicted octanol–water partition coefficient (Wildman–Crippen LogP) is 2.78. The molecule has 2 aliphatic rings. The molecule has 3 rings (SSSR count). The highest BCUT2D eigenvalue weighted by Gasteiger charge is 2.28. The van der Waals surface area contributed by atoms with E-state index in [0.29, 0.717) is 0 Å². The summed E-state index contributed by atoms with van der Waals surface area (Å²) in [6, 6.07) is 10.3. The highest BCUT2D eigenvalue weighted by atomic mass is 79.9. The molecule has 1 saturated heterocycles. The van der Waals surface area contributed by atoms with Crippen molar-refractivity contribution >= 4 is 15.9 Å². The fraction of sp³-hybridized carbons (Fsp3) is 0.571. The van der Waals surface area contributed by atoms with Crippen LogP contribution in [-0.2, 0) is 6.54 Å². The molecule has 0 bridgehead atoms. The summed E-state index contributed by atoms with van der Waals surface area (Å²) in [5.41, 5.74) is 1.42. The van der Waals surface area contributed by atoms with Crippen LogP contribution in [0.25, 0.3) is 0 Å². The fourth-order valence-electron chi connectivity index (χ4n) is 2.54. The summed E-state index contributed by atoms with van der Waals surface area (Å²) in [7, 11) is 0. The molecule has 1 aliphatic carbocycles. The first-order chi connectivity index (χ1) is 8.29. The minimum Gasteiger partial charge on any atom is -0.310 e. The zero-order valence-electron chi connectivity index (χ0n) is 10.0. The predicted molar refractivity (Wildman–Crippen MR) is 74.0 cm³/mol. The smallest absolute Gasteiger partial charge is 0.0234 e. The molecule has 0 spiro atoms. The van der Waals surface area contributed by atoms with Crippen molar-refractivity contribution < 1.29 is 0 Å². The number of hydrogen-bond acceptors (Lipinski definition) is 2. The SMILES string of the molecule is Brc1ccc(CN2CCC(NC3CC3)C2)cc1. The lowest BCUT2D eigenvalue weighted by Gasteiger charge is -2.16. The Morgan fingerprint density at radius 3 is 2.59 bits per heavy atom. The van der Waals surface area contributed by atoms with E-state index in [9.17, 15) is 0 Å². The average Bonchev–Trinajstić information content (AvgIpc) is 3.02. The van der Waals surface area contributed by atoms with E-state index in [1.807, 2.05) is 0 Å². The Morgan fingerprint density at radius 1 is 1.12 bits per heavy atom. The number of likely N-dealkylation sites (tertiary alicyclic amines) is 1. The number of halogens is 1. The number of benzene rings is 1. The van der Waals surface area contributed by atoms with Crippen LogP contribution < -0.4 is 5.32 Å². The van der Waals surface area contributed by atoms with Gasteiger partial charge in [-0.2, -0.15) is 0 Å². The van der Waals surface area contributed by atoms with Gasteiger partial charge in [0.1, 0.15) is 0 Å². The normalized spacial score (nSPS) is 25.4. The van der Waals surface area contributed by atoms with Crippen LogP contribution in [-0.4, -0.2) is 30.1 Å². The maximum absolute atomic E-state index is 3.73. The molecule has 1 aliphatic heterocycles. The van der Waals surface area contributed by atoms with E-state index in [2.05, 4.69) is 50.4 Å². The van der Waals surface area contributed by atoms with Crippen molar-refractivity contribution in [2.45, 2.75) is 37.9 Å². The summed E-state index contributed by atoms with van der Waals surface area (Å²) in [6.45, 7) is 3.54. The molecule has 1 unspecified atom stereocenters. The van der Waals surface area contributed by atoms with Crippen LogP contribution >= 0.6 is 15.9 Å². The van der Waals surface area contributed by atoms with Gasteiger partial charge in [0.2, 0.25) is 0 Å². The summed E-state index contributed by atoms with van der Waals surface area (Å²) < 4.78 is 1.16. The second kappa shape index (κ2) is 5.09. The molecular weight excluding hydrogens is 276 g/mol. The molecule has 3 heteroatoms. The van der Waals surface area contributed by atoms with Crippen molar-refractivity contribution in [1.82, 2.24) is 10.2 Å². The van der Waals surface area contributed by atoms with E-state index in [1.165, 1.54) is 37.9 Å². The number of hydrogen-bond donors (Lipinski definition) is 1. The maximum atomic E-state index is 3.73. The number of nitrogens with zero attached hydrogens (tertiary/aromatic N) is 1. The quantitative estimate of drug-likeness (QED) is 0.919. The molecule has 1 heterocycles. The molecule has 1 aromatic carbocycles. The molecule has 1 atom stereocenters. The molecule has 2 fully saturated rings. The lowest BCUT2D eigenvalue weighted by atomic mass is 10.2. The minimum absolute atomic E-state index is 0.734. The summed E-state index contributed by atoms with van der Waals surface area (Å²) >= 11 is 3.48. The molecule has 1 N–H and O–H groups in total. The monoisotopic (exact) mass is 294 g/mol. The van der Waals surface area contributed by atoms with E-state index < -0.39 is 0 Å². The number of nitrogens with one attached hydrogen (secondary N) is 1. The van der Waals surface area contributed by atoms with E-state index in [4.69, 9.17) is 0 Å². The third-order valence-corrected chi connectivity index (χ3v) is 4.17. The van der Waals surface area contributed by atoms with Crippen molar-refractivity contribution in [3.8, 4) is 0 Å². The second-order valence-electron chi connectivity index (χ2n) is 5.29. The van der Waals surface area contributed by atoms with Gasteiger partial charge in [-0.3, -0.25) is 4.90 Å². The highest BCUT2D eigenvalue weighted by Crippen LogP contribution is 2.22. The molecule has 0 amide bonds. The molecule has 0 radical (unpaired) electrons. The molecular formula is C14H19BrN2. The van der Waals surface area contributed by atoms with Gasteiger partial charge in [0.05, 0.1) is 0 Å². The van der Waals surface area contributed by atoms with Crippen LogP contribution in [0, 0.1) is 0 Å². The third kappa shape index (κ3) is 3.30. The van der Waals surface area contributed by atoms with Crippen LogP contribution in [0.5, 0.6) is 0 Å². The lowest BCUT2D eigenvalue weighted by molar-refractivity contribution is 0.320. The molecule has 0 aromatic heterocycles. The Morgan fingerprint density at radius 2 is 1.88 bits per heavy atom. The minimum atomic E-state index is 0.734. The largest absolute Gasteiger partial charge is 0.310 e. The summed E-state index contributed by atoms with van der Waals surface area (Å²) in [6.07, 6.45) is 4.10. The standard InChI is InChI=1S/C14H19BrN2/c15-12-3-1-11(2-4-12)9-17-8-7-14(10-17)16-13-5-6-13/h1-4,13-14,16H,5-10H2. The van der Waals surface area contributed by atoms with Crippen LogP contribution in [0.2, 0.25) is 0 Å². The first-order valence-electron chi connectivity index (χ1n) is 6.52. The summed E-state index contributed by atoms with van der Waals surface area (Å²) in [5, 5.41) is 3.73. The van der Waals surface area contributed by atoms with E-state index in [0.717, 1.165) is 23.1 Å². The van der Waals surface area contributed by atoms with Crippen molar-refractivity contribution in [1.29, 1.82) is 0 Å². The number of rotatable bonds is 4.